The molecule has 0 radical (unpaired) electrons. The zero-order valence-corrected chi connectivity index (χ0v) is 16.1. The third-order valence-electron chi connectivity index (χ3n) is 3.46. The van der Waals surface area contributed by atoms with Gasteiger partial charge in [0.05, 0.1) is 0 Å². The van der Waals surface area contributed by atoms with Crippen molar-refractivity contribution in [2.24, 2.45) is 0 Å². The van der Waals surface area contributed by atoms with Crippen LogP contribution in [-0.4, -0.2) is 41.4 Å². The van der Waals surface area contributed by atoms with E-state index in [0.717, 1.165) is 0 Å². The summed E-state index contributed by atoms with van der Waals surface area (Å²) in [7, 11) is 0. The normalized spacial score (nSPS) is 10.7. The van der Waals surface area contributed by atoms with Gasteiger partial charge in [-0.1, -0.05) is 0 Å². The summed E-state index contributed by atoms with van der Waals surface area (Å²) in [5.41, 5.74) is 1.07. The molecule has 0 atom stereocenters. The van der Waals surface area contributed by atoms with Gasteiger partial charge in [-0.05, 0) is 0 Å². The Morgan fingerprint density at radius 1 is 0.913 bits per heavy atom. The van der Waals surface area contributed by atoms with Gasteiger partial charge in [0.25, 0.3) is 0 Å². The van der Waals surface area contributed by atoms with Crippen LogP contribution in [0.25, 0.3) is 10.8 Å². The van der Waals surface area contributed by atoms with E-state index in [4.69, 9.17) is 4.74 Å². The van der Waals surface area contributed by atoms with E-state index >= 15 is 0 Å². The standard InChI is InChI=1S/C19H16O2Se2/c1-22-16-11-5-9-14-10-6-12-17(18(14)16)23-13-21-19(20)15-7-3-2-4-8-15/h2-12H,13H2,1H3. The number of ether oxygens (including phenoxy) is 1. The van der Waals surface area contributed by atoms with Crippen LogP contribution in [0, 0.1) is 0 Å². The third kappa shape index (κ3) is 3.85. The average Bonchev–Trinajstić information content (AvgIpc) is 2.62. The number of benzene rings is 3. The molecule has 2 nitrogen and oxygen atoms in total. The molecule has 0 aliphatic carbocycles. The first-order valence-corrected chi connectivity index (χ1v) is 11.8. The molecule has 0 aliphatic heterocycles. The summed E-state index contributed by atoms with van der Waals surface area (Å²) >= 11 is 0.567. The third-order valence-corrected chi connectivity index (χ3v) is 6.96. The van der Waals surface area contributed by atoms with Crippen molar-refractivity contribution in [1.82, 2.24) is 0 Å². The van der Waals surface area contributed by atoms with Gasteiger partial charge in [-0.25, -0.2) is 0 Å². The van der Waals surface area contributed by atoms with Gasteiger partial charge in [0.2, 0.25) is 0 Å². The summed E-state index contributed by atoms with van der Waals surface area (Å²) in [5, 5.41) is 2.63. The Kier molecular flexibility index (Phi) is 5.53. The van der Waals surface area contributed by atoms with E-state index in [2.05, 4.69) is 42.2 Å². The fraction of sp³-hybridized carbons (Fsp3) is 0.105. The van der Waals surface area contributed by atoms with E-state index in [1.807, 2.05) is 18.2 Å². The fourth-order valence-corrected chi connectivity index (χ4v) is 5.81. The minimum absolute atomic E-state index is 0.116. The molecule has 23 heavy (non-hydrogen) atoms. The molecule has 0 fully saturated rings. The van der Waals surface area contributed by atoms with Crippen molar-refractivity contribution < 1.29 is 9.53 Å². The van der Waals surface area contributed by atoms with Crippen LogP contribution in [0.2, 0.25) is 5.82 Å². The molecular weight excluding hydrogens is 418 g/mol. The second kappa shape index (κ2) is 7.81. The number of fused-ring (bicyclic) bond motifs is 1. The minimum atomic E-state index is -0.243. The van der Waals surface area contributed by atoms with Gasteiger partial charge in [0.1, 0.15) is 0 Å². The second-order valence-electron chi connectivity index (χ2n) is 4.87. The molecule has 3 aromatic rings. The Hall–Kier alpha value is -1.57. The van der Waals surface area contributed by atoms with Gasteiger partial charge in [0.15, 0.2) is 0 Å². The molecule has 116 valence electrons. The fourth-order valence-electron chi connectivity index (χ4n) is 2.37. The van der Waals surface area contributed by atoms with E-state index in [1.54, 1.807) is 12.1 Å². The van der Waals surface area contributed by atoms with E-state index < -0.39 is 0 Å². The molecule has 0 unspecified atom stereocenters. The van der Waals surface area contributed by atoms with E-state index in [9.17, 15) is 4.79 Å². The number of carbonyl (C=O) groups excluding carboxylic acids is 1. The van der Waals surface area contributed by atoms with Gasteiger partial charge in [-0.2, -0.15) is 0 Å². The van der Waals surface area contributed by atoms with Crippen LogP contribution in [0.5, 0.6) is 0 Å². The van der Waals surface area contributed by atoms with Crippen LogP contribution in [-0.2, 0) is 4.74 Å². The van der Waals surface area contributed by atoms with Crippen molar-refractivity contribution in [2.75, 3.05) is 5.51 Å². The van der Waals surface area contributed by atoms with Crippen molar-refractivity contribution in [2.45, 2.75) is 5.82 Å². The zero-order valence-electron chi connectivity index (χ0n) is 12.7. The first-order valence-electron chi connectivity index (χ1n) is 7.20. The van der Waals surface area contributed by atoms with Gasteiger partial charge in [-0.3, -0.25) is 0 Å². The van der Waals surface area contributed by atoms with Gasteiger partial charge in [-0.15, -0.1) is 0 Å². The first-order chi connectivity index (χ1) is 11.3. The molecular formula is C19H16O2Se2. The van der Waals surface area contributed by atoms with Crippen molar-refractivity contribution in [3.05, 3.63) is 72.3 Å². The Morgan fingerprint density at radius 2 is 1.61 bits per heavy atom. The SMILES string of the molecule is C[Se]c1cccc2cccc([Se]COC(=O)c3ccccc3)c12. The number of esters is 1. The number of hydrogen-bond acceptors (Lipinski definition) is 2. The van der Waals surface area contributed by atoms with Gasteiger partial charge in [0, 0.05) is 0 Å². The van der Waals surface area contributed by atoms with Crippen LogP contribution in [0.4, 0.5) is 0 Å². The summed E-state index contributed by atoms with van der Waals surface area (Å²) in [6.07, 6.45) is 0. The van der Waals surface area contributed by atoms with Crippen LogP contribution in [0.15, 0.2) is 66.7 Å². The van der Waals surface area contributed by atoms with Gasteiger partial charge < -0.3 is 0 Å². The number of carbonyl (C=O) groups is 1. The maximum absolute atomic E-state index is 12.0. The molecule has 0 spiro atoms. The predicted molar refractivity (Wildman–Crippen MR) is 97.3 cm³/mol. The Balaban J connectivity index is 1.74. The molecule has 0 amide bonds. The Labute approximate surface area is 148 Å². The molecule has 0 heterocycles. The molecule has 3 aromatic carbocycles. The number of rotatable bonds is 5. The van der Waals surface area contributed by atoms with E-state index in [-0.39, 0.29) is 20.9 Å². The topological polar surface area (TPSA) is 26.3 Å². The van der Waals surface area contributed by atoms with Crippen LogP contribution in [0.1, 0.15) is 10.4 Å². The van der Waals surface area contributed by atoms with Crippen molar-refractivity contribution >= 4 is 55.6 Å². The summed E-state index contributed by atoms with van der Waals surface area (Å²) in [5.74, 6) is 1.99. The average molecular weight is 434 g/mol. The second-order valence-corrected chi connectivity index (χ2v) is 8.68. The molecule has 0 N–H and O–H groups in total. The van der Waals surface area contributed by atoms with Crippen molar-refractivity contribution in [3.8, 4) is 0 Å². The summed E-state index contributed by atoms with van der Waals surface area (Å²) in [6, 6.07) is 22.0. The molecule has 0 aliphatic rings. The predicted octanol–water partition coefficient (Wildman–Crippen LogP) is 2.36. The van der Waals surface area contributed by atoms with E-state index in [0.29, 0.717) is 26.0 Å². The van der Waals surface area contributed by atoms with Gasteiger partial charge >= 0.3 is 149 Å². The molecule has 0 aromatic heterocycles. The zero-order chi connectivity index (χ0) is 16.1. The molecule has 0 saturated heterocycles. The quantitative estimate of drug-likeness (QED) is 0.456. The van der Waals surface area contributed by atoms with Crippen molar-refractivity contribution in [3.63, 3.8) is 0 Å². The van der Waals surface area contributed by atoms with Crippen molar-refractivity contribution in [1.29, 1.82) is 0 Å². The first kappa shape index (κ1) is 16.3. The van der Waals surface area contributed by atoms with Crippen LogP contribution in [0.3, 0.4) is 0 Å². The molecule has 4 heteroatoms. The summed E-state index contributed by atoms with van der Waals surface area (Å²) < 4.78 is 8.18. The van der Waals surface area contributed by atoms with E-state index in [1.165, 1.54) is 19.7 Å². The molecule has 0 saturated carbocycles. The molecule has 0 bridgehead atoms. The van der Waals surface area contributed by atoms with Crippen LogP contribution >= 0.6 is 0 Å². The monoisotopic (exact) mass is 436 g/mol. The molecule has 3 rings (SSSR count). The summed E-state index contributed by atoms with van der Waals surface area (Å²) in [4.78, 5) is 12.0. The number of hydrogen-bond donors (Lipinski definition) is 0. The Morgan fingerprint density at radius 3 is 2.30 bits per heavy atom. The van der Waals surface area contributed by atoms with Crippen LogP contribution < -0.4 is 8.92 Å². The Bertz CT molecular complexity index is 811. The maximum atomic E-state index is 12.0. The summed E-state index contributed by atoms with van der Waals surface area (Å²) in [6.45, 7) is 0.